The Hall–Kier alpha value is -3.57. The van der Waals surface area contributed by atoms with E-state index >= 15 is 0 Å². The molecule has 2 aliphatic heterocycles. The molecule has 8 heteroatoms. The number of rotatable bonds is 4. The number of fused-ring (bicyclic) bond motifs is 2. The first-order chi connectivity index (χ1) is 18.9. The number of carbonyl (C=O) groups excluding carboxylic acids is 1. The Kier molecular flexibility index (Phi) is 5.64. The van der Waals surface area contributed by atoms with Crippen molar-refractivity contribution in [1.82, 2.24) is 4.57 Å². The molecular formula is C31H29F2N3O3. The molecule has 2 saturated carbocycles. The number of ether oxygens (including phenoxy) is 2. The lowest BCUT2D eigenvalue weighted by atomic mass is 9.47. The molecular weight excluding hydrogens is 500 g/mol. The van der Waals surface area contributed by atoms with Gasteiger partial charge in [0.2, 0.25) is 0 Å². The van der Waals surface area contributed by atoms with E-state index in [0.717, 1.165) is 66.2 Å². The Bertz CT molecular complexity index is 1580. The van der Waals surface area contributed by atoms with Gasteiger partial charge >= 0.3 is 5.97 Å². The van der Waals surface area contributed by atoms with Gasteiger partial charge in [-0.1, -0.05) is 0 Å². The predicted octanol–water partition coefficient (Wildman–Crippen LogP) is 6.08. The lowest BCUT2D eigenvalue weighted by Crippen LogP contribution is -2.49. The Morgan fingerprint density at radius 3 is 2.56 bits per heavy atom. The number of halogens is 2. The molecule has 7 rings (SSSR count). The largest absolute Gasteiger partial charge is 0.469 e. The van der Waals surface area contributed by atoms with E-state index in [2.05, 4.69) is 21.7 Å². The van der Waals surface area contributed by atoms with Crippen LogP contribution in [0.4, 0.5) is 8.78 Å². The van der Waals surface area contributed by atoms with E-state index in [1.165, 1.54) is 24.8 Å². The highest BCUT2D eigenvalue weighted by atomic mass is 19.2. The summed E-state index contributed by atoms with van der Waals surface area (Å²) in [5, 5.41) is 10.8. The summed E-state index contributed by atoms with van der Waals surface area (Å²) in [4.78, 5) is 16.5. The van der Waals surface area contributed by atoms with E-state index in [1.54, 1.807) is 6.07 Å². The van der Waals surface area contributed by atoms with Gasteiger partial charge in [-0.3, -0.25) is 9.79 Å². The molecule has 39 heavy (non-hydrogen) atoms. The standard InChI is InChI=1S/C31H29F2N3O3/c1-38-30(37)20-13-31(14-20)11-19(12-31)28-23-8-18-16-35-26(15-34)22(18)10-27(23)36(21-2-3-24(32)25(33)9-21)29(28)17-4-6-39-7-5-17/h2-3,8-10,17,19-20H,4-7,11-14,16H2,1H3. The van der Waals surface area contributed by atoms with Gasteiger partial charge in [-0.25, -0.2) is 8.78 Å². The maximum atomic E-state index is 14.6. The number of hydrogen-bond donors (Lipinski definition) is 0. The predicted molar refractivity (Wildman–Crippen MR) is 141 cm³/mol. The third kappa shape index (κ3) is 3.74. The maximum Gasteiger partial charge on any atom is 0.308 e. The van der Waals surface area contributed by atoms with Crippen LogP contribution in [-0.4, -0.2) is 36.6 Å². The van der Waals surface area contributed by atoms with Crippen LogP contribution in [0.2, 0.25) is 0 Å². The Morgan fingerprint density at radius 2 is 1.87 bits per heavy atom. The fourth-order valence-electron chi connectivity index (χ4n) is 7.67. The summed E-state index contributed by atoms with van der Waals surface area (Å²) < 4.78 is 41.4. The molecule has 6 nitrogen and oxygen atoms in total. The van der Waals surface area contributed by atoms with E-state index < -0.39 is 11.6 Å². The number of benzene rings is 2. The van der Waals surface area contributed by atoms with Gasteiger partial charge < -0.3 is 14.0 Å². The van der Waals surface area contributed by atoms with Crippen molar-refractivity contribution >= 4 is 22.6 Å². The minimum Gasteiger partial charge on any atom is -0.469 e. The van der Waals surface area contributed by atoms with Crippen molar-refractivity contribution in [2.24, 2.45) is 16.3 Å². The van der Waals surface area contributed by atoms with Gasteiger partial charge in [-0.05, 0) is 85.3 Å². The Labute approximate surface area is 225 Å². The fourth-order valence-corrected chi connectivity index (χ4v) is 7.67. The number of hydrogen-bond acceptors (Lipinski definition) is 5. The molecule has 1 spiro atoms. The molecule has 0 unspecified atom stereocenters. The lowest BCUT2D eigenvalue weighted by molar-refractivity contribution is -0.159. The van der Waals surface area contributed by atoms with Crippen molar-refractivity contribution < 1.29 is 23.0 Å². The molecule has 0 atom stereocenters. The molecule has 0 amide bonds. The van der Waals surface area contributed by atoms with Crippen LogP contribution >= 0.6 is 0 Å². The Balaban J connectivity index is 1.40. The number of aliphatic imine (C=N–C) groups is 1. The highest BCUT2D eigenvalue weighted by Crippen LogP contribution is 2.65. The lowest BCUT2D eigenvalue weighted by Gasteiger charge is -2.57. The van der Waals surface area contributed by atoms with Gasteiger partial charge in [0.25, 0.3) is 0 Å². The van der Waals surface area contributed by atoms with Gasteiger partial charge in [0.1, 0.15) is 11.8 Å². The van der Waals surface area contributed by atoms with Crippen LogP contribution in [0.3, 0.4) is 0 Å². The molecule has 0 N–H and O–H groups in total. The highest BCUT2D eigenvalue weighted by molar-refractivity contribution is 6.15. The summed E-state index contributed by atoms with van der Waals surface area (Å²) in [6.45, 7) is 1.77. The summed E-state index contributed by atoms with van der Waals surface area (Å²) in [5.41, 5.74) is 6.27. The maximum absolute atomic E-state index is 14.6. The second-order valence-electron chi connectivity index (χ2n) is 11.7. The zero-order chi connectivity index (χ0) is 26.9. The van der Waals surface area contributed by atoms with Crippen LogP contribution in [0, 0.1) is 34.3 Å². The molecule has 1 aromatic heterocycles. The molecule has 4 aliphatic rings. The van der Waals surface area contributed by atoms with Gasteiger partial charge in [0.05, 0.1) is 25.1 Å². The number of nitrogens with zero attached hydrogens (tertiary/aromatic N) is 3. The highest BCUT2D eigenvalue weighted by Gasteiger charge is 2.56. The quantitative estimate of drug-likeness (QED) is 0.384. The molecule has 2 aromatic carbocycles. The Morgan fingerprint density at radius 1 is 1.10 bits per heavy atom. The van der Waals surface area contributed by atoms with Crippen LogP contribution in [0.5, 0.6) is 0 Å². The smallest absolute Gasteiger partial charge is 0.308 e. The zero-order valence-electron chi connectivity index (χ0n) is 21.8. The second-order valence-corrected chi connectivity index (χ2v) is 11.7. The summed E-state index contributed by atoms with van der Waals surface area (Å²) in [5.74, 6) is -1.40. The minimum atomic E-state index is -0.889. The third-order valence-electron chi connectivity index (χ3n) is 9.47. The average Bonchev–Trinajstić information content (AvgIpc) is 3.46. The molecule has 3 heterocycles. The average molecular weight is 530 g/mol. The number of aromatic nitrogens is 1. The van der Waals surface area contributed by atoms with Crippen LogP contribution in [0.1, 0.15) is 72.7 Å². The van der Waals surface area contributed by atoms with E-state index in [4.69, 9.17) is 9.47 Å². The van der Waals surface area contributed by atoms with Crippen molar-refractivity contribution in [2.45, 2.75) is 56.9 Å². The van der Waals surface area contributed by atoms with Gasteiger partial charge in [-0.15, -0.1) is 0 Å². The van der Waals surface area contributed by atoms with Gasteiger partial charge in [0, 0.05) is 47.5 Å². The number of nitriles is 1. The molecule has 2 aliphatic carbocycles. The fraction of sp³-hybridized carbons (Fsp3) is 0.452. The molecule has 0 bridgehead atoms. The summed E-state index contributed by atoms with van der Waals surface area (Å²) in [7, 11) is 1.45. The third-order valence-corrected chi connectivity index (χ3v) is 9.47. The van der Waals surface area contributed by atoms with E-state index in [0.29, 0.717) is 37.1 Å². The minimum absolute atomic E-state index is 0.0146. The molecule has 200 valence electrons. The topological polar surface area (TPSA) is 76.6 Å². The van der Waals surface area contributed by atoms with Crippen LogP contribution < -0.4 is 0 Å². The summed E-state index contributed by atoms with van der Waals surface area (Å²) in [6.07, 6.45) is 5.40. The first-order valence-corrected chi connectivity index (χ1v) is 13.7. The van der Waals surface area contributed by atoms with Gasteiger partial charge in [0.15, 0.2) is 11.6 Å². The zero-order valence-corrected chi connectivity index (χ0v) is 21.8. The first-order valence-electron chi connectivity index (χ1n) is 13.7. The van der Waals surface area contributed by atoms with Crippen molar-refractivity contribution in [2.75, 3.05) is 20.3 Å². The van der Waals surface area contributed by atoms with Crippen LogP contribution in [-0.2, 0) is 20.8 Å². The first kappa shape index (κ1) is 24.5. The van der Waals surface area contributed by atoms with Gasteiger partial charge in [-0.2, -0.15) is 5.26 Å². The van der Waals surface area contributed by atoms with Crippen LogP contribution in [0.15, 0.2) is 35.3 Å². The monoisotopic (exact) mass is 529 g/mol. The second kappa shape index (κ2) is 8.99. The molecule has 3 fully saturated rings. The van der Waals surface area contributed by atoms with Crippen molar-refractivity contribution in [3.05, 3.63) is 64.4 Å². The van der Waals surface area contributed by atoms with Crippen LogP contribution in [0.25, 0.3) is 16.6 Å². The molecule has 1 saturated heterocycles. The van der Waals surface area contributed by atoms with Crippen molar-refractivity contribution in [1.29, 1.82) is 5.26 Å². The van der Waals surface area contributed by atoms with E-state index in [-0.39, 0.29) is 23.2 Å². The summed E-state index contributed by atoms with van der Waals surface area (Å²) in [6, 6.07) is 10.5. The van der Waals surface area contributed by atoms with Crippen molar-refractivity contribution in [3.63, 3.8) is 0 Å². The molecule has 3 aromatic rings. The van der Waals surface area contributed by atoms with E-state index in [9.17, 15) is 18.8 Å². The number of esters is 1. The SMILES string of the molecule is COC(=O)C1CC2(C1)CC(c1c(C3CCOCC3)n(-c3ccc(F)c(F)c3)c3cc4c(cc13)CN=C4C#N)C2. The van der Waals surface area contributed by atoms with E-state index in [1.807, 2.05) is 6.07 Å². The number of methoxy groups -OCH3 is 1. The summed E-state index contributed by atoms with van der Waals surface area (Å²) >= 11 is 0. The number of carbonyl (C=O) groups is 1. The molecule has 0 radical (unpaired) electrons. The normalized spacial score (nSPS) is 26.1. The van der Waals surface area contributed by atoms with Crippen molar-refractivity contribution in [3.8, 4) is 11.8 Å².